The molecule has 23 heavy (non-hydrogen) atoms. The van der Waals surface area contributed by atoms with Crippen LogP contribution in [0.15, 0.2) is 42.6 Å². The Morgan fingerprint density at radius 1 is 1.04 bits per heavy atom. The number of nitrogens with zero attached hydrogens (tertiary/aromatic N) is 4. The first kappa shape index (κ1) is 16.2. The zero-order valence-corrected chi connectivity index (χ0v) is 14.0. The molecule has 0 atom stereocenters. The molecular weight excluding hydrogens is 286 g/mol. The van der Waals surface area contributed by atoms with Gasteiger partial charge in [-0.2, -0.15) is 5.10 Å². The van der Waals surface area contributed by atoms with Gasteiger partial charge in [-0.15, -0.1) is 0 Å². The first-order chi connectivity index (χ1) is 11.3. The predicted molar refractivity (Wildman–Crippen MR) is 93.1 cm³/mol. The summed E-state index contributed by atoms with van der Waals surface area (Å²) in [6, 6.07) is 12.8. The van der Waals surface area contributed by atoms with E-state index in [4.69, 9.17) is 0 Å². The Morgan fingerprint density at radius 2 is 1.78 bits per heavy atom. The lowest BCUT2D eigenvalue weighted by Gasteiger charge is -2.35. The molecule has 1 aromatic heterocycles. The second-order valence-electron chi connectivity index (χ2n) is 6.42. The topological polar surface area (TPSA) is 38.4 Å². The van der Waals surface area contributed by atoms with Gasteiger partial charge in [0.2, 0.25) is 0 Å². The van der Waals surface area contributed by atoms with Crippen molar-refractivity contribution in [2.75, 3.05) is 46.3 Å². The van der Waals surface area contributed by atoms with E-state index in [1.807, 2.05) is 12.3 Å². The molecule has 1 aliphatic rings. The molecule has 0 amide bonds. The third-order valence-corrected chi connectivity index (χ3v) is 4.51. The summed E-state index contributed by atoms with van der Waals surface area (Å²) in [5, 5.41) is 7.02. The number of H-pyrrole nitrogens is 1. The van der Waals surface area contributed by atoms with Crippen molar-refractivity contribution in [2.24, 2.45) is 0 Å². The highest BCUT2D eigenvalue weighted by molar-refractivity contribution is 5.14. The molecule has 1 N–H and O–H groups in total. The summed E-state index contributed by atoms with van der Waals surface area (Å²) in [6.45, 7) is 8.93. The van der Waals surface area contributed by atoms with E-state index in [0.29, 0.717) is 0 Å². The van der Waals surface area contributed by atoms with Crippen LogP contribution < -0.4 is 0 Å². The van der Waals surface area contributed by atoms with Gasteiger partial charge in [-0.05, 0) is 18.7 Å². The molecule has 2 heterocycles. The summed E-state index contributed by atoms with van der Waals surface area (Å²) in [4.78, 5) is 7.48. The monoisotopic (exact) mass is 313 g/mol. The standard InChI is InChI=1S/C18H27N5/c1-21(16-18-7-8-19-20-18)9-10-22-11-13-23(14-12-22)15-17-5-3-2-4-6-17/h2-8H,9-16H2,1H3,(H,19,20). The zero-order chi connectivity index (χ0) is 15.9. The number of hydrogen-bond donors (Lipinski definition) is 1. The molecule has 124 valence electrons. The number of aromatic nitrogens is 2. The van der Waals surface area contributed by atoms with Crippen LogP contribution in [0.2, 0.25) is 0 Å². The minimum Gasteiger partial charge on any atom is -0.300 e. The molecular formula is C18H27N5. The van der Waals surface area contributed by atoms with Crippen LogP contribution in [-0.4, -0.2) is 71.2 Å². The molecule has 0 saturated carbocycles. The van der Waals surface area contributed by atoms with Crippen LogP contribution in [0.1, 0.15) is 11.3 Å². The van der Waals surface area contributed by atoms with Crippen molar-refractivity contribution in [1.82, 2.24) is 24.9 Å². The van der Waals surface area contributed by atoms with E-state index >= 15 is 0 Å². The molecule has 5 heteroatoms. The Balaban J connectivity index is 1.34. The van der Waals surface area contributed by atoms with Gasteiger partial charge in [0, 0.05) is 64.2 Å². The molecule has 1 fully saturated rings. The molecule has 0 radical (unpaired) electrons. The molecule has 0 bridgehead atoms. The molecule has 0 unspecified atom stereocenters. The number of likely N-dealkylation sites (N-methyl/N-ethyl adjacent to an activating group) is 1. The quantitative estimate of drug-likeness (QED) is 0.844. The highest BCUT2D eigenvalue weighted by Crippen LogP contribution is 2.08. The third kappa shape index (κ3) is 5.16. The summed E-state index contributed by atoms with van der Waals surface area (Å²) >= 11 is 0. The van der Waals surface area contributed by atoms with Gasteiger partial charge in [0.1, 0.15) is 0 Å². The average Bonchev–Trinajstić information content (AvgIpc) is 3.08. The number of rotatable bonds is 7. The Bertz CT molecular complexity index is 546. The lowest BCUT2D eigenvalue weighted by atomic mass is 10.2. The number of aromatic amines is 1. The number of hydrogen-bond acceptors (Lipinski definition) is 4. The molecule has 1 saturated heterocycles. The summed E-state index contributed by atoms with van der Waals surface area (Å²) < 4.78 is 0. The fourth-order valence-corrected chi connectivity index (χ4v) is 3.07. The van der Waals surface area contributed by atoms with Crippen LogP contribution >= 0.6 is 0 Å². The van der Waals surface area contributed by atoms with Crippen LogP contribution in [0.3, 0.4) is 0 Å². The van der Waals surface area contributed by atoms with Gasteiger partial charge in [0.05, 0.1) is 0 Å². The first-order valence-electron chi connectivity index (χ1n) is 8.45. The van der Waals surface area contributed by atoms with Crippen LogP contribution in [0, 0.1) is 0 Å². The van der Waals surface area contributed by atoms with Crippen molar-refractivity contribution < 1.29 is 0 Å². The highest BCUT2D eigenvalue weighted by atomic mass is 15.3. The van der Waals surface area contributed by atoms with Crippen LogP contribution in [0.25, 0.3) is 0 Å². The van der Waals surface area contributed by atoms with Crippen molar-refractivity contribution >= 4 is 0 Å². The Hall–Kier alpha value is -1.69. The second-order valence-corrected chi connectivity index (χ2v) is 6.42. The lowest BCUT2D eigenvalue weighted by Crippen LogP contribution is -2.47. The maximum absolute atomic E-state index is 4.00. The smallest absolute Gasteiger partial charge is 0.0492 e. The maximum Gasteiger partial charge on any atom is 0.0492 e. The maximum atomic E-state index is 4.00. The fraction of sp³-hybridized carbons (Fsp3) is 0.500. The predicted octanol–water partition coefficient (Wildman–Crippen LogP) is 1.66. The van der Waals surface area contributed by atoms with Gasteiger partial charge in [-0.1, -0.05) is 30.3 Å². The normalized spacial score (nSPS) is 17.0. The van der Waals surface area contributed by atoms with Gasteiger partial charge in [-0.3, -0.25) is 19.8 Å². The van der Waals surface area contributed by atoms with E-state index in [0.717, 1.165) is 26.2 Å². The SMILES string of the molecule is CN(CCN1CCN(Cc2ccccc2)CC1)Cc1ccn[nH]1. The van der Waals surface area contributed by atoms with E-state index < -0.39 is 0 Å². The zero-order valence-electron chi connectivity index (χ0n) is 14.0. The fourth-order valence-electron chi connectivity index (χ4n) is 3.07. The third-order valence-electron chi connectivity index (χ3n) is 4.51. The van der Waals surface area contributed by atoms with E-state index in [2.05, 4.69) is 62.3 Å². The molecule has 3 rings (SSSR count). The summed E-state index contributed by atoms with van der Waals surface area (Å²) in [6.07, 6.45) is 1.81. The van der Waals surface area contributed by atoms with Crippen molar-refractivity contribution in [3.05, 3.63) is 53.9 Å². The summed E-state index contributed by atoms with van der Waals surface area (Å²) in [5.74, 6) is 0. The van der Waals surface area contributed by atoms with Crippen molar-refractivity contribution in [1.29, 1.82) is 0 Å². The van der Waals surface area contributed by atoms with E-state index in [1.54, 1.807) is 0 Å². The number of benzene rings is 1. The van der Waals surface area contributed by atoms with E-state index in [9.17, 15) is 0 Å². The molecule has 2 aromatic rings. The van der Waals surface area contributed by atoms with Crippen molar-refractivity contribution in [2.45, 2.75) is 13.1 Å². The Labute approximate surface area is 138 Å². The lowest BCUT2D eigenvalue weighted by molar-refractivity contribution is 0.117. The van der Waals surface area contributed by atoms with Gasteiger partial charge in [0.25, 0.3) is 0 Å². The molecule has 0 aliphatic carbocycles. The Morgan fingerprint density at radius 3 is 2.48 bits per heavy atom. The van der Waals surface area contributed by atoms with Crippen molar-refractivity contribution in [3.63, 3.8) is 0 Å². The van der Waals surface area contributed by atoms with Gasteiger partial charge < -0.3 is 0 Å². The van der Waals surface area contributed by atoms with Crippen LogP contribution in [0.5, 0.6) is 0 Å². The van der Waals surface area contributed by atoms with E-state index in [-0.39, 0.29) is 0 Å². The summed E-state index contributed by atoms with van der Waals surface area (Å²) in [7, 11) is 2.17. The van der Waals surface area contributed by atoms with Crippen LogP contribution in [-0.2, 0) is 13.1 Å². The van der Waals surface area contributed by atoms with Crippen LogP contribution in [0.4, 0.5) is 0 Å². The van der Waals surface area contributed by atoms with E-state index in [1.165, 1.54) is 37.4 Å². The minimum absolute atomic E-state index is 0.938. The largest absolute Gasteiger partial charge is 0.300 e. The molecule has 5 nitrogen and oxygen atoms in total. The first-order valence-corrected chi connectivity index (χ1v) is 8.45. The summed E-state index contributed by atoms with van der Waals surface area (Å²) in [5.41, 5.74) is 2.60. The highest BCUT2D eigenvalue weighted by Gasteiger charge is 2.17. The second kappa shape index (κ2) is 8.24. The average molecular weight is 313 g/mol. The van der Waals surface area contributed by atoms with Gasteiger partial charge >= 0.3 is 0 Å². The van der Waals surface area contributed by atoms with Gasteiger partial charge in [0.15, 0.2) is 0 Å². The minimum atomic E-state index is 0.938. The number of nitrogens with one attached hydrogen (secondary N) is 1. The molecule has 1 aliphatic heterocycles. The molecule has 1 aromatic carbocycles. The number of piperazine rings is 1. The Kier molecular flexibility index (Phi) is 5.80. The van der Waals surface area contributed by atoms with Crippen molar-refractivity contribution in [3.8, 4) is 0 Å². The van der Waals surface area contributed by atoms with Gasteiger partial charge in [-0.25, -0.2) is 0 Å². The molecule has 0 spiro atoms.